The van der Waals surface area contributed by atoms with Gasteiger partial charge < -0.3 is 10.2 Å². The zero-order valence-corrected chi connectivity index (χ0v) is 12.2. The van der Waals surface area contributed by atoms with Gasteiger partial charge in [-0.25, -0.2) is 4.98 Å². The maximum Gasteiger partial charge on any atom is 0.270 e. The number of carbonyl (C=O) groups is 2. The van der Waals surface area contributed by atoms with Crippen molar-refractivity contribution in [2.45, 2.75) is 19.9 Å². The van der Waals surface area contributed by atoms with Gasteiger partial charge in [-0.1, -0.05) is 0 Å². The van der Waals surface area contributed by atoms with Gasteiger partial charge in [0.25, 0.3) is 5.91 Å². The first-order chi connectivity index (χ1) is 8.45. The molecular formula is C12H16BrN3O2. The average Bonchev–Trinajstić information content (AvgIpc) is 2.37. The summed E-state index contributed by atoms with van der Waals surface area (Å²) in [5.41, 5.74) is 0.289. The molecule has 1 aromatic heterocycles. The maximum absolute atomic E-state index is 11.8. The molecule has 1 aromatic rings. The Labute approximate surface area is 115 Å². The van der Waals surface area contributed by atoms with Crippen molar-refractivity contribution in [3.63, 3.8) is 0 Å². The van der Waals surface area contributed by atoms with E-state index in [0.717, 1.165) is 4.47 Å². The van der Waals surface area contributed by atoms with Crippen molar-refractivity contribution in [3.05, 3.63) is 28.5 Å². The minimum atomic E-state index is -0.562. The Bertz CT molecular complexity index is 433. The number of pyridine rings is 1. The second-order valence-corrected chi connectivity index (χ2v) is 4.82. The highest BCUT2D eigenvalue weighted by Crippen LogP contribution is 2.07. The molecule has 0 radical (unpaired) electrons. The number of nitrogens with one attached hydrogen (secondary N) is 1. The standard InChI is InChI=1S/C12H16BrN3O2/c1-4-16(3)12(18)8(2)15-11(17)10-6-5-9(13)7-14-10/h5-8H,4H2,1-3H3,(H,15,17). The minimum Gasteiger partial charge on any atom is -0.344 e. The molecule has 1 atom stereocenters. The summed E-state index contributed by atoms with van der Waals surface area (Å²) in [5.74, 6) is -0.476. The van der Waals surface area contributed by atoms with Gasteiger partial charge in [-0.2, -0.15) is 0 Å². The van der Waals surface area contributed by atoms with Crippen LogP contribution in [0.2, 0.25) is 0 Å². The number of carbonyl (C=O) groups excluding carboxylic acids is 2. The van der Waals surface area contributed by atoms with Crippen molar-refractivity contribution in [1.82, 2.24) is 15.2 Å². The number of halogens is 1. The van der Waals surface area contributed by atoms with Crippen molar-refractivity contribution in [2.24, 2.45) is 0 Å². The second-order valence-electron chi connectivity index (χ2n) is 3.91. The molecule has 0 spiro atoms. The fraction of sp³-hybridized carbons (Fsp3) is 0.417. The lowest BCUT2D eigenvalue weighted by atomic mass is 10.2. The number of aromatic nitrogens is 1. The molecule has 1 N–H and O–H groups in total. The molecule has 1 unspecified atom stereocenters. The molecule has 0 aliphatic heterocycles. The highest BCUT2D eigenvalue weighted by atomic mass is 79.9. The number of amides is 2. The van der Waals surface area contributed by atoms with E-state index in [-0.39, 0.29) is 17.5 Å². The highest BCUT2D eigenvalue weighted by Gasteiger charge is 2.19. The third kappa shape index (κ3) is 3.80. The molecular weight excluding hydrogens is 298 g/mol. The van der Waals surface area contributed by atoms with Gasteiger partial charge in [0.15, 0.2) is 0 Å². The molecule has 0 saturated carbocycles. The number of hydrogen-bond acceptors (Lipinski definition) is 3. The van der Waals surface area contributed by atoms with Gasteiger partial charge in [0, 0.05) is 24.3 Å². The summed E-state index contributed by atoms with van der Waals surface area (Å²) in [5, 5.41) is 2.62. The largest absolute Gasteiger partial charge is 0.344 e. The van der Waals surface area contributed by atoms with E-state index in [4.69, 9.17) is 0 Å². The monoisotopic (exact) mass is 313 g/mol. The highest BCUT2D eigenvalue weighted by molar-refractivity contribution is 9.10. The van der Waals surface area contributed by atoms with Crippen molar-refractivity contribution in [2.75, 3.05) is 13.6 Å². The van der Waals surface area contributed by atoms with Gasteiger partial charge in [0.05, 0.1) is 0 Å². The predicted molar refractivity (Wildman–Crippen MR) is 72.2 cm³/mol. The summed E-state index contributed by atoms with van der Waals surface area (Å²) in [6, 6.07) is 2.76. The van der Waals surface area contributed by atoms with Crippen molar-refractivity contribution >= 4 is 27.7 Å². The van der Waals surface area contributed by atoms with Crippen molar-refractivity contribution < 1.29 is 9.59 Å². The summed E-state index contributed by atoms with van der Waals surface area (Å²) in [4.78, 5) is 29.1. The maximum atomic E-state index is 11.8. The Hall–Kier alpha value is -1.43. The lowest BCUT2D eigenvalue weighted by Gasteiger charge is -2.20. The molecule has 0 fully saturated rings. The van der Waals surface area contributed by atoms with Crippen LogP contribution in [-0.4, -0.2) is 41.3 Å². The third-order valence-corrected chi connectivity index (χ3v) is 3.00. The van der Waals surface area contributed by atoms with E-state index < -0.39 is 6.04 Å². The van der Waals surface area contributed by atoms with Gasteiger partial charge in [-0.15, -0.1) is 0 Å². The van der Waals surface area contributed by atoms with Gasteiger partial charge in [-0.3, -0.25) is 9.59 Å². The zero-order chi connectivity index (χ0) is 13.7. The average molecular weight is 314 g/mol. The SMILES string of the molecule is CCN(C)C(=O)C(C)NC(=O)c1ccc(Br)cn1. The summed E-state index contributed by atoms with van der Waals surface area (Å²) in [7, 11) is 1.70. The fourth-order valence-electron chi connectivity index (χ4n) is 1.33. The molecule has 1 heterocycles. The molecule has 18 heavy (non-hydrogen) atoms. The zero-order valence-electron chi connectivity index (χ0n) is 10.6. The quantitative estimate of drug-likeness (QED) is 0.915. The third-order valence-electron chi connectivity index (χ3n) is 2.53. The number of rotatable bonds is 4. The first kappa shape index (κ1) is 14.6. The van der Waals surface area contributed by atoms with E-state index >= 15 is 0 Å². The van der Waals surface area contributed by atoms with E-state index in [2.05, 4.69) is 26.2 Å². The van der Waals surface area contributed by atoms with E-state index in [1.54, 1.807) is 37.2 Å². The number of nitrogens with zero attached hydrogens (tertiary/aromatic N) is 2. The number of hydrogen-bond donors (Lipinski definition) is 1. The molecule has 0 bridgehead atoms. The van der Waals surface area contributed by atoms with Crippen LogP contribution in [0.4, 0.5) is 0 Å². The molecule has 98 valence electrons. The molecule has 0 aliphatic rings. The summed E-state index contributed by atoms with van der Waals surface area (Å²) in [6.07, 6.45) is 1.54. The van der Waals surface area contributed by atoms with Crippen molar-refractivity contribution in [3.8, 4) is 0 Å². The molecule has 0 aliphatic carbocycles. The van der Waals surface area contributed by atoms with Crippen LogP contribution < -0.4 is 5.32 Å². The van der Waals surface area contributed by atoms with E-state index in [9.17, 15) is 9.59 Å². The van der Waals surface area contributed by atoms with E-state index in [1.807, 2.05) is 6.92 Å². The molecule has 1 rings (SSSR count). The Morgan fingerprint density at radius 1 is 1.50 bits per heavy atom. The molecule has 0 saturated heterocycles. The van der Waals surface area contributed by atoms with Crippen LogP contribution in [0.15, 0.2) is 22.8 Å². The van der Waals surface area contributed by atoms with Crippen LogP contribution in [0.25, 0.3) is 0 Å². The van der Waals surface area contributed by atoms with Gasteiger partial charge in [-0.05, 0) is 41.9 Å². The van der Waals surface area contributed by atoms with Gasteiger partial charge in [0.1, 0.15) is 11.7 Å². The van der Waals surface area contributed by atoms with Crippen LogP contribution in [0, 0.1) is 0 Å². The molecule has 2 amide bonds. The van der Waals surface area contributed by atoms with E-state index in [1.165, 1.54) is 0 Å². The van der Waals surface area contributed by atoms with Crippen molar-refractivity contribution in [1.29, 1.82) is 0 Å². The normalized spacial score (nSPS) is 11.8. The van der Waals surface area contributed by atoms with Crippen LogP contribution in [0.3, 0.4) is 0 Å². The first-order valence-electron chi connectivity index (χ1n) is 5.63. The Balaban J connectivity index is 2.65. The van der Waals surface area contributed by atoms with E-state index in [0.29, 0.717) is 6.54 Å². The smallest absolute Gasteiger partial charge is 0.270 e. The van der Waals surface area contributed by atoms with Crippen LogP contribution in [0.5, 0.6) is 0 Å². The molecule has 0 aromatic carbocycles. The van der Waals surface area contributed by atoms with Gasteiger partial charge in [0.2, 0.25) is 5.91 Å². The minimum absolute atomic E-state index is 0.122. The lowest BCUT2D eigenvalue weighted by Crippen LogP contribution is -2.45. The number of likely N-dealkylation sites (N-methyl/N-ethyl adjacent to an activating group) is 1. The fourth-order valence-corrected chi connectivity index (χ4v) is 1.56. The predicted octanol–water partition coefficient (Wildman–Crippen LogP) is 1.44. The summed E-state index contributed by atoms with van der Waals surface area (Å²) in [6.45, 7) is 4.14. The lowest BCUT2D eigenvalue weighted by molar-refractivity contribution is -0.131. The Kier molecular flexibility index (Phi) is 5.27. The summed E-state index contributed by atoms with van der Waals surface area (Å²) >= 11 is 3.24. The van der Waals surface area contributed by atoms with Crippen LogP contribution >= 0.6 is 15.9 Å². The Morgan fingerprint density at radius 2 is 2.17 bits per heavy atom. The Morgan fingerprint density at radius 3 is 2.67 bits per heavy atom. The second kappa shape index (κ2) is 6.49. The topological polar surface area (TPSA) is 62.3 Å². The van der Waals surface area contributed by atoms with Crippen LogP contribution in [0.1, 0.15) is 24.3 Å². The molecule has 6 heteroatoms. The van der Waals surface area contributed by atoms with Crippen LogP contribution in [-0.2, 0) is 4.79 Å². The molecule has 5 nitrogen and oxygen atoms in total. The first-order valence-corrected chi connectivity index (χ1v) is 6.42. The van der Waals surface area contributed by atoms with Gasteiger partial charge >= 0.3 is 0 Å². The summed E-state index contributed by atoms with van der Waals surface area (Å²) < 4.78 is 0.800.